The number of hydrogen-bond donors (Lipinski definition) is 3. The van der Waals surface area contributed by atoms with Crippen LogP contribution >= 0.6 is 0 Å². The van der Waals surface area contributed by atoms with E-state index in [1.54, 1.807) is 9.36 Å². The first-order valence-corrected chi connectivity index (χ1v) is 38.7. The van der Waals surface area contributed by atoms with Crippen molar-refractivity contribution in [3.63, 3.8) is 0 Å². The van der Waals surface area contributed by atoms with Gasteiger partial charge in [-0.3, -0.25) is 0 Å². The van der Waals surface area contributed by atoms with Gasteiger partial charge in [0.05, 0.1) is 78.3 Å². The Hall–Kier alpha value is -15.1. The Morgan fingerprint density at radius 3 is 0.858 bits per heavy atom. The van der Waals surface area contributed by atoms with Crippen LogP contribution in [-0.2, 0) is 41.6 Å². The number of rotatable bonds is 30. The van der Waals surface area contributed by atoms with Crippen molar-refractivity contribution < 1.29 is 43.9 Å². The van der Waals surface area contributed by atoms with Crippen LogP contribution in [0.2, 0.25) is 0 Å². The van der Waals surface area contributed by atoms with Gasteiger partial charge in [-0.15, -0.1) is 29.5 Å². The fourth-order valence-electron chi connectivity index (χ4n) is 12.7. The third-order valence-electron chi connectivity index (χ3n) is 18.2. The third-order valence-corrected chi connectivity index (χ3v) is 18.2. The molecule has 0 bridgehead atoms. The second-order valence-electron chi connectivity index (χ2n) is 26.1. The highest BCUT2D eigenvalue weighted by Gasteiger charge is 2.21. The van der Waals surface area contributed by atoms with Gasteiger partial charge < -0.3 is 34.3 Å². The van der Waals surface area contributed by atoms with Gasteiger partial charge in [-0.1, -0.05) is 355 Å². The Morgan fingerprint density at radius 1 is 0.350 bits per heavy atom. The molecular formula is C102H89N9O9. The van der Waals surface area contributed by atoms with E-state index in [0.717, 1.165) is 72.6 Å². The van der Waals surface area contributed by atoms with Crippen molar-refractivity contribution in [3.8, 4) is 59.5 Å². The molecule has 14 rings (SSSR count). The number of aliphatic carboxylic acids is 1. The average molecular weight is 1580 g/mol. The first-order valence-electron chi connectivity index (χ1n) is 38.7. The zero-order valence-corrected chi connectivity index (χ0v) is 66.1. The first kappa shape index (κ1) is 87.3. The Bertz CT molecular complexity index is 5610. The smallest absolute Gasteiger partial charge is 0.384 e. The molecule has 0 aliphatic heterocycles. The molecule has 0 radical (unpaired) electrons. The van der Waals surface area contributed by atoms with Crippen LogP contribution in [-0.4, -0.2) is 123 Å². The molecule has 0 amide bonds. The maximum absolute atomic E-state index is 11.0. The molecule has 0 spiro atoms. The normalized spacial score (nSPS) is 10.2. The summed E-state index contributed by atoms with van der Waals surface area (Å²) < 4.78 is 23.9. The van der Waals surface area contributed by atoms with Crippen molar-refractivity contribution in [1.29, 1.82) is 0 Å². The minimum absolute atomic E-state index is 0.0102. The van der Waals surface area contributed by atoms with Crippen LogP contribution in [0.15, 0.2) is 363 Å². The van der Waals surface area contributed by atoms with Crippen molar-refractivity contribution >= 4 is 45.4 Å². The lowest BCUT2D eigenvalue weighted by Gasteiger charge is -2.18. The van der Waals surface area contributed by atoms with Crippen LogP contribution in [0, 0.1) is 37.0 Å². The predicted molar refractivity (Wildman–Crippen MR) is 475 cm³/mol. The van der Waals surface area contributed by atoms with Crippen LogP contribution in [0.1, 0.15) is 72.3 Å². The van der Waals surface area contributed by atoms with Gasteiger partial charge in [0.15, 0.2) is 0 Å². The number of benzene rings is 12. The van der Waals surface area contributed by atoms with E-state index in [1.807, 2.05) is 60.8 Å². The number of nitrogens with zero attached hydrogens (tertiary/aromatic N) is 9. The van der Waals surface area contributed by atoms with Gasteiger partial charge in [0.2, 0.25) is 0 Å². The van der Waals surface area contributed by atoms with E-state index in [2.05, 4.69) is 346 Å². The zero-order valence-electron chi connectivity index (χ0n) is 66.1. The summed E-state index contributed by atoms with van der Waals surface area (Å²) in [4.78, 5) is 22.6. The Kier molecular flexibility index (Phi) is 35.6. The Balaban J connectivity index is 0.000000177. The van der Waals surface area contributed by atoms with Gasteiger partial charge >= 0.3 is 11.9 Å². The quantitative estimate of drug-likeness (QED) is 0.00555. The molecule has 2 aromatic heterocycles. The summed E-state index contributed by atoms with van der Waals surface area (Å²) >= 11 is 0. The molecule has 14 aromatic rings. The maximum Gasteiger partial charge on any atom is 0.384 e. The van der Waals surface area contributed by atoms with Crippen LogP contribution in [0.4, 0.5) is 0 Å². The second-order valence-corrected chi connectivity index (χ2v) is 26.1. The van der Waals surface area contributed by atoms with Crippen LogP contribution in [0.25, 0.3) is 66.4 Å². The van der Waals surface area contributed by atoms with E-state index in [4.69, 9.17) is 57.4 Å². The zero-order chi connectivity index (χ0) is 84.0. The Labute approximate surface area is 699 Å². The highest BCUT2D eigenvalue weighted by molar-refractivity contribution is 6.07. The lowest BCUT2D eigenvalue weighted by molar-refractivity contribution is -0.138. The number of azide groups is 1. The number of terminal acetylenes is 3. The molecule has 0 fully saturated rings. The monoisotopic (exact) mass is 1580 g/mol. The number of aliphatic hydroxyl groups is 2. The number of carbonyl (C=O) groups is 2. The molecule has 12 aromatic carbocycles. The molecule has 0 aliphatic rings. The Morgan fingerprint density at radius 2 is 0.608 bits per heavy atom. The minimum Gasteiger partial charge on any atom is -0.472 e. The molecule has 0 atom stereocenters. The van der Waals surface area contributed by atoms with Crippen LogP contribution in [0.3, 0.4) is 0 Å². The molecule has 0 saturated carbocycles. The minimum atomic E-state index is -1.22. The average Bonchev–Trinajstić information content (AvgIpc) is 0.904. The molecule has 2 heterocycles. The van der Waals surface area contributed by atoms with E-state index in [1.165, 1.54) is 61.6 Å². The number of carboxylic acid groups (broad SMARTS) is 1. The standard InChI is InChI=1S/C35H29N3O3.C32H29N3O2.C28H20.C4H9N3O2.C3H2O2/c1-2-33(39)41-25-24-40-23-22-38-26-32(36-37-38)27-18-20-31(21-19-27)35(30-16-10-5-11-17-30)34(28-12-6-3-7-13-28)29-14-8-4-9-15-29;36-21-23-37-22-20-35-24-30(33-34-35)25-16-18-29(19-17-25)32(28-14-8-3-9-15-28)31(26-10-4-1-5-11-26)27-12-6-2-7-13-27;1-2-22-18-20-26(21-19-22)28(25-16-10-5-11-17-25)27(23-12-6-3-7-13-23)24-14-8-4-9-15-24;5-7-6-1-3-9-4-2-8;1-2-3(4)5/h1,3-21,26H,22-25H2;1-19,24,36H,20-23H2;1,3-21H;8H,1-4H2;1H,(H,4,5). The molecule has 18 heteroatoms. The van der Waals surface area contributed by atoms with Gasteiger partial charge in [0.25, 0.3) is 0 Å². The van der Waals surface area contributed by atoms with Crippen molar-refractivity contribution in [2.24, 2.45) is 5.11 Å². The predicted octanol–water partition coefficient (Wildman–Crippen LogP) is 18.8. The molecule has 596 valence electrons. The van der Waals surface area contributed by atoms with Crippen molar-refractivity contribution in [2.45, 2.75) is 13.1 Å². The van der Waals surface area contributed by atoms with Gasteiger partial charge in [-0.2, -0.15) is 0 Å². The number of aromatic nitrogens is 6. The largest absolute Gasteiger partial charge is 0.472 e. The lowest BCUT2D eigenvalue weighted by Crippen LogP contribution is -2.12. The van der Waals surface area contributed by atoms with E-state index in [0.29, 0.717) is 52.7 Å². The van der Waals surface area contributed by atoms with Crippen LogP contribution < -0.4 is 0 Å². The summed E-state index contributed by atoms with van der Waals surface area (Å²) in [5.41, 5.74) is 33.2. The number of hydrogen-bond acceptors (Lipinski definition) is 13. The van der Waals surface area contributed by atoms with Gasteiger partial charge in [-0.25, -0.2) is 19.0 Å². The van der Waals surface area contributed by atoms with E-state index in [9.17, 15) is 4.79 Å². The SMILES string of the molecule is C#CC(=O)O.C#CC(=O)OCCOCCn1cc(-c2ccc(C(=C(c3ccccc3)c3ccccc3)c3ccccc3)cc2)nn1.C#Cc1ccc(C(=C(c2ccccc2)c2ccccc2)c2ccccc2)cc1.OCCOCCn1cc(-c2ccc(C(=C(c3ccccc3)c3ccccc3)c3ccccc3)cc2)nn1.[N-]=[N+]=NCCOCCO. The maximum atomic E-state index is 11.0. The van der Waals surface area contributed by atoms with Gasteiger partial charge in [0, 0.05) is 40.0 Å². The number of ether oxygens (including phenoxy) is 4. The molecular weight excluding hydrogens is 1500 g/mol. The topological polar surface area (TPSA) is 242 Å². The van der Waals surface area contributed by atoms with E-state index >= 15 is 0 Å². The summed E-state index contributed by atoms with van der Waals surface area (Å²) in [6, 6.07) is 120. The van der Waals surface area contributed by atoms with E-state index in [-0.39, 0.29) is 26.4 Å². The molecule has 0 saturated heterocycles. The number of carboxylic acids is 1. The van der Waals surface area contributed by atoms with Crippen LogP contribution in [0.5, 0.6) is 0 Å². The van der Waals surface area contributed by atoms with Gasteiger partial charge in [0.1, 0.15) is 18.0 Å². The summed E-state index contributed by atoms with van der Waals surface area (Å²) in [6.45, 7) is 3.75. The van der Waals surface area contributed by atoms with Gasteiger partial charge in [-0.05, 0) is 118 Å². The highest BCUT2D eigenvalue weighted by Crippen LogP contribution is 2.41. The summed E-state index contributed by atoms with van der Waals surface area (Å²) in [5, 5.41) is 44.9. The molecule has 3 N–H and O–H groups in total. The second kappa shape index (κ2) is 48.9. The van der Waals surface area contributed by atoms with Crippen molar-refractivity contribution in [3.05, 3.63) is 441 Å². The lowest BCUT2D eigenvalue weighted by atomic mass is 9.85. The third kappa shape index (κ3) is 26.7. The summed E-state index contributed by atoms with van der Waals surface area (Å²) in [7, 11) is 0. The van der Waals surface area contributed by atoms with Crippen molar-refractivity contribution in [1.82, 2.24) is 30.0 Å². The molecule has 120 heavy (non-hydrogen) atoms. The number of carbonyl (C=O) groups excluding carboxylic acids is 1. The number of esters is 1. The fraction of sp³-hybridized carbons (Fsp3) is 0.118. The van der Waals surface area contributed by atoms with Crippen molar-refractivity contribution in [2.75, 3.05) is 66.0 Å². The molecule has 0 aliphatic carbocycles. The highest BCUT2D eigenvalue weighted by atomic mass is 16.6. The first-order chi connectivity index (χ1) is 59.1. The summed E-state index contributed by atoms with van der Waals surface area (Å²) in [5.74, 6) is 4.14. The summed E-state index contributed by atoms with van der Waals surface area (Å²) in [6.07, 6.45) is 18.7. The van der Waals surface area contributed by atoms with E-state index < -0.39 is 11.9 Å². The fourth-order valence-corrected chi connectivity index (χ4v) is 12.7. The molecule has 0 unspecified atom stereocenters. The number of aliphatic hydroxyl groups excluding tert-OH is 2. The molecule has 18 nitrogen and oxygen atoms in total.